The zero-order valence-electron chi connectivity index (χ0n) is 16.3. The summed E-state index contributed by atoms with van der Waals surface area (Å²) in [5, 5.41) is 6.55. The molecule has 1 saturated heterocycles. The molecule has 1 fully saturated rings. The van der Waals surface area contributed by atoms with Crippen LogP contribution < -0.4 is 0 Å². The van der Waals surface area contributed by atoms with Crippen molar-refractivity contribution in [2.45, 2.75) is 25.8 Å². The molecule has 0 amide bonds. The maximum Gasteiger partial charge on any atom is 0.165 e. The second-order valence-corrected chi connectivity index (χ2v) is 7.97. The lowest BCUT2D eigenvalue weighted by Crippen LogP contribution is -2.29. The third-order valence-corrected chi connectivity index (χ3v) is 5.90. The Kier molecular flexibility index (Phi) is 5.04. The molecule has 0 unspecified atom stereocenters. The molecule has 0 radical (unpaired) electrons. The van der Waals surface area contributed by atoms with Crippen molar-refractivity contribution in [1.82, 2.24) is 19.7 Å². The Bertz CT molecular complexity index is 1120. The number of hydrogen-bond donors (Lipinski definition) is 0. The predicted octanol–water partition coefficient (Wildman–Crippen LogP) is 5.73. The number of piperidine rings is 1. The van der Waals surface area contributed by atoms with Gasteiger partial charge in [0.1, 0.15) is 10.8 Å². The van der Waals surface area contributed by atoms with Crippen LogP contribution in [-0.2, 0) is 6.54 Å². The van der Waals surface area contributed by atoms with Gasteiger partial charge < -0.3 is 0 Å². The molecule has 2 aromatic heterocycles. The summed E-state index contributed by atoms with van der Waals surface area (Å²) < 4.78 is 1.90. The van der Waals surface area contributed by atoms with E-state index < -0.39 is 0 Å². The Labute approximate surface area is 175 Å². The van der Waals surface area contributed by atoms with Gasteiger partial charge in [-0.15, -0.1) is 0 Å². The first-order valence-corrected chi connectivity index (χ1v) is 10.6. The first kappa shape index (κ1) is 18.3. The van der Waals surface area contributed by atoms with Crippen LogP contribution in [0.1, 0.15) is 24.8 Å². The Morgan fingerprint density at radius 3 is 2.28 bits per heavy atom. The van der Waals surface area contributed by atoms with Gasteiger partial charge in [0.25, 0.3) is 0 Å². The monoisotopic (exact) mass is 402 g/mol. The molecule has 146 valence electrons. The van der Waals surface area contributed by atoms with Gasteiger partial charge in [-0.3, -0.25) is 4.90 Å². The van der Waals surface area contributed by atoms with E-state index in [2.05, 4.69) is 23.1 Å². The molecule has 3 heterocycles. The molecule has 5 rings (SSSR count). The van der Waals surface area contributed by atoms with Gasteiger partial charge in [0, 0.05) is 23.1 Å². The Morgan fingerprint density at radius 2 is 1.55 bits per heavy atom. The largest absolute Gasteiger partial charge is 0.299 e. The second-order valence-electron chi connectivity index (χ2n) is 7.61. The SMILES string of the molecule is Clc1nc2c(cc1CN1CCCCC1)c(-c1ccccc1)nn2-c1ccccc1. The van der Waals surface area contributed by atoms with Gasteiger partial charge in [-0.05, 0) is 44.1 Å². The number of pyridine rings is 1. The molecule has 4 nitrogen and oxygen atoms in total. The average molecular weight is 403 g/mol. The fourth-order valence-corrected chi connectivity index (χ4v) is 4.28. The number of hydrogen-bond acceptors (Lipinski definition) is 3. The second kappa shape index (κ2) is 7.97. The number of benzene rings is 2. The third-order valence-electron chi connectivity index (χ3n) is 5.57. The van der Waals surface area contributed by atoms with Crippen LogP contribution >= 0.6 is 11.6 Å². The van der Waals surface area contributed by atoms with Crippen LogP contribution in [0, 0.1) is 0 Å². The molecule has 0 aliphatic carbocycles. The van der Waals surface area contributed by atoms with E-state index in [1.165, 1.54) is 19.3 Å². The summed E-state index contributed by atoms with van der Waals surface area (Å²) in [5.74, 6) is 0. The van der Waals surface area contributed by atoms with Crippen molar-refractivity contribution in [3.05, 3.63) is 77.4 Å². The number of nitrogens with zero attached hydrogens (tertiary/aromatic N) is 4. The van der Waals surface area contributed by atoms with Crippen molar-refractivity contribution in [2.75, 3.05) is 13.1 Å². The van der Waals surface area contributed by atoms with Gasteiger partial charge in [0.2, 0.25) is 0 Å². The van der Waals surface area contributed by atoms with Crippen molar-refractivity contribution in [1.29, 1.82) is 0 Å². The summed E-state index contributed by atoms with van der Waals surface area (Å²) in [6, 6.07) is 22.6. The minimum Gasteiger partial charge on any atom is -0.299 e. The molecule has 29 heavy (non-hydrogen) atoms. The maximum atomic E-state index is 6.66. The first-order chi connectivity index (χ1) is 14.3. The first-order valence-electron chi connectivity index (χ1n) is 10.2. The van der Waals surface area contributed by atoms with Crippen molar-refractivity contribution in [2.24, 2.45) is 0 Å². The molecular formula is C24H23ClN4. The molecule has 0 saturated carbocycles. The van der Waals surface area contributed by atoms with Gasteiger partial charge >= 0.3 is 0 Å². The quantitative estimate of drug-likeness (QED) is 0.409. The van der Waals surface area contributed by atoms with Crippen molar-refractivity contribution in [3.8, 4) is 16.9 Å². The zero-order valence-corrected chi connectivity index (χ0v) is 17.0. The average Bonchev–Trinajstić information content (AvgIpc) is 3.14. The number of fused-ring (bicyclic) bond motifs is 1. The molecule has 1 aliphatic heterocycles. The smallest absolute Gasteiger partial charge is 0.165 e. The number of para-hydroxylation sites is 1. The fraction of sp³-hybridized carbons (Fsp3) is 0.250. The molecule has 0 atom stereocenters. The van der Waals surface area contributed by atoms with Gasteiger partial charge in [-0.2, -0.15) is 5.10 Å². The van der Waals surface area contributed by atoms with E-state index in [0.717, 1.165) is 53.2 Å². The highest BCUT2D eigenvalue weighted by Crippen LogP contribution is 2.32. The minimum absolute atomic E-state index is 0.569. The number of aromatic nitrogens is 3. The fourth-order valence-electron chi connectivity index (χ4n) is 4.09. The maximum absolute atomic E-state index is 6.66. The summed E-state index contributed by atoms with van der Waals surface area (Å²) in [6.07, 6.45) is 3.84. The normalized spacial score (nSPS) is 15.1. The van der Waals surface area contributed by atoms with Gasteiger partial charge in [-0.1, -0.05) is 66.6 Å². The van der Waals surface area contributed by atoms with E-state index in [-0.39, 0.29) is 0 Å². The standard InChI is InChI=1S/C24H23ClN4/c25-23-19(17-28-14-8-3-9-15-28)16-21-22(18-10-4-1-5-11-18)27-29(24(21)26-23)20-12-6-2-7-13-20/h1-2,4-7,10-13,16H,3,8-9,14-15,17H2. The van der Waals surface area contributed by atoms with Gasteiger partial charge in [0.15, 0.2) is 5.65 Å². The van der Waals surface area contributed by atoms with Crippen LogP contribution in [0.4, 0.5) is 0 Å². The summed E-state index contributed by atoms with van der Waals surface area (Å²) >= 11 is 6.66. The number of likely N-dealkylation sites (tertiary alicyclic amines) is 1. The van der Waals surface area contributed by atoms with Gasteiger partial charge in [0.05, 0.1) is 5.69 Å². The molecule has 0 N–H and O–H groups in total. The third kappa shape index (κ3) is 3.66. The number of rotatable bonds is 4. The van der Waals surface area contributed by atoms with Crippen molar-refractivity contribution >= 4 is 22.6 Å². The summed E-state index contributed by atoms with van der Waals surface area (Å²) in [7, 11) is 0. The molecule has 0 bridgehead atoms. The van der Waals surface area contributed by atoms with Crippen LogP contribution in [0.25, 0.3) is 28.0 Å². The Balaban J connectivity index is 1.66. The van der Waals surface area contributed by atoms with E-state index in [1.807, 2.05) is 53.2 Å². The lowest BCUT2D eigenvalue weighted by Gasteiger charge is -2.26. The summed E-state index contributed by atoms with van der Waals surface area (Å²) in [6.45, 7) is 3.10. The molecule has 4 aromatic rings. The highest BCUT2D eigenvalue weighted by molar-refractivity contribution is 6.30. The molecule has 1 aliphatic rings. The van der Waals surface area contributed by atoms with Gasteiger partial charge in [-0.25, -0.2) is 9.67 Å². The topological polar surface area (TPSA) is 34.0 Å². The van der Waals surface area contributed by atoms with Crippen LogP contribution in [0.2, 0.25) is 5.15 Å². The van der Waals surface area contributed by atoms with Crippen LogP contribution in [0.3, 0.4) is 0 Å². The van der Waals surface area contributed by atoms with E-state index >= 15 is 0 Å². The Hall–Kier alpha value is -2.69. The van der Waals surface area contributed by atoms with E-state index in [4.69, 9.17) is 21.7 Å². The molecule has 2 aromatic carbocycles. The predicted molar refractivity (Wildman–Crippen MR) is 118 cm³/mol. The highest BCUT2D eigenvalue weighted by atomic mass is 35.5. The lowest BCUT2D eigenvalue weighted by molar-refractivity contribution is 0.221. The molecule has 0 spiro atoms. The summed E-state index contributed by atoms with van der Waals surface area (Å²) in [5.41, 5.74) is 4.87. The minimum atomic E-state index is 0.569. The summed E-state index contributed by atoms with van der Waals surface area (Å²) in [4.78, 5) is 7.28. The van der Waals surface area contributed by atoms with Crippen molar-refractivity contribution < 1.29 is 0 Å². The van der Waals surface area contributed by atoms with Crippen LogP contribution in [-0.4, -0.2) is 32.8 Å². The van der Waals surface area contributed by atoms with Crippen LogP contribution in [0.15, 0.2) is 66.7 Å². The highest BCUT2D eigenvalue weighted by Gasteiger charge is 2.19. The molecule has 5 heteroatoms. The lowest BCUT2D eigenvalue weighted by atomic mass is 10.1. The van der Waals surface area contributed by atoms with Crippen LogP contribution in [0.5, 0.6) is 0 Å². The zero-order chi connectivity index (χ0) is 19.6. The molecular weight excluding hydrogens is 380 g/mol. The van der Waals surface area contributed by atoms with Crippen molar-refractivity contribution in [3.63, 3.8) is 0 Å². The van der Waals surface area contributed by atoms with E-state index in [9.17, 15) is 0 Å². The van der Waals surface area contributed by atoms with E-state index in [0.29, 0.717) is 5.15 Å². The Morgan fingerprint density at radius 1 is 0.862 bits per heavy atom. The van der Waals surface area contributed by atoms with E-state index in [1.54, 1.807) is 0 Å². The number of halogens is 1.